The van der Waals surface area contributed by atoms with Crippen LogP contribution in [0.25, 0.3) is 0 Å². The van der Waals surface area contributed by atoms with Crippen LogP contribution < -0.4 is 0 Å². The maximum Gasteiger partial charge on any atom is 0.339 e. The normalized spacial score (nSPS) is 18.4. The van der Waals surface area contributed by atoms with Gasteiger partial charge >= 0.3 is 5.97 Å². The Bertz CT molecular complexity index is 1430. The Morgan fingerprint density at radius 3 is 2.22 bits per heavy atom. The molecule has 0 aliphatic carbocycles. The molecule has 2 atom stereocenters. The van der Waals surface area contributed by atoms with Gasteiger partial charge in [-0.2, -0.15) is 4.31 Å². The highest BCUT2D eigenvalue weighted by Gasteiger charge is 2.47. The second-order valence-electron chi connectivity index (χ2n) is 8.61. The van der Waals surface area contributed by atoms with E-state index in [0.29, 0.717) is 11.1 Å². The molecule has 1 N–H and O–H groups in total. The van der Waals surface area contributed by atoms with Gasteiger partial charge in [-0.15, -0.1) is 0 Å². The summed E-state index contributed by atoms with van der Waals surface area (Å²) in [4.78, 5) is 23.7. The number of nitrogens with zero attached hydrogens (tertiary/aromatic N) is 2. The van der Waals surface area contributed by atoms with Gasteiger partial charge in [0.25, 0.3) is 5.69 Å². The molecule has 0 amide bonds. The van der Waals surface area contributed by atoms with Crippen molar-refractivity contribution in [3.63, 3.8) is 0 Å². The number of hydrogen-bond donors (Lipinski definition) is 1. The number of nitro benzene ring substituents is 1. The number of ether oxygens (including phenoxy) is 1. The predicted molar refractivity (Wildman–Crippen MR) is 136 cm³/mol. The monoisotopic (exact) mass is 522 g/mol. The lowest BCUT2D eigenvalue weighted by molar-refractivity contribution is -0.384. The highest BCUT2D eigenvalue weighted by molar-refractivity contribution is 7.89. The van der Waals surface area contributed by atoms with Crippen molar-refractivity contribution in [1.29, 1.82) is 0 Å². The number of rotatable bonds is 7. The number of non-ortho nitro benzene ring substituents is 1. The van der Waals surface area contributed by atoms with Crippen molar-refractivity contribution in [1.82, 2.24) is 4.31 Å². The molecule has 1 heterocycles. The van der Waals surface area contributed by atoms with Crippen molar-refractivity contribution < 1.29 is 28.0 Å². The molecular formula is C27H26N2O7S. The molecule has 10 heteroatoms. The van der Waals surface area contributed by atoms with E-state index in [0.717, 1.165) is 5.56 Å². The number of aryl methyl sites for hydroxylation is 1. The largest absolute Gasteiger partial charge is 0.512 e. The third kappa shape index (κ3) is 5.11. The molecule has 0 aromatic heterocycles. The smallest absolute Gasteiger partial charge is 0.339 e. The van der Waals surface area contributed by atoms with E-state index in [9.17, 15) is 28.4 Å². The van der Waals surface area contributed by atoms with Gasteiger partial charge in [-0.1, -0.05) is 60.2 Å². The standard InChI is InChI=1S/C27H26N2O7S/c1-3-36-27(31)25-24(30)17-23(19-11-13-21(14-12-19)29(32)33)28(26(25)20-7-5-4-6-8-20)37(34,35)22-15-9-18(2)10-16-22/h4-16,23,26,30H,3,17H2,1-2H3/t23-,26-/m1/s1. The molecule has 192 valence electrons. The number of nitro groups is 1. The van der Waals surface area contributed by atoms with Gasteiger partial charge in [0.05, 0.1) is 34.1 Å². The summed E-state index contributed by atoms with van der Waals surface area (Å²) in [7, 11) is -4.26. The van der Waals surface area contributed by atoms with Crippen molar-refractivity contribution in [2.45, 2.75) is 37.2 Å². The van der Waals surface area contributed by atoms with Crippen molar-refractivity contribution in [2.24, 2.45) is 0 Å². The Hall–Kier alpha value is -4.02. The van der Waals surface area contributed by atoms with Crippen LogP contribution in [0.2, 0.25) is 0 Å². The van der Waals surface area contributed by atoms with Crippen LogP contribution in [0.1, 0.15) is 42.1 Å². The molecule has 9 nitrogen and oxygen atoms in total. The van der Waals surface area contributed by atoms with Crippen LogP contribution in [0.5, 0.6) is 0 Å². The van der Waals surface area contributed by atoms with Gasteiger partial charge in [0.2, 0.25) is 10.0 Å². The molecular weight excluding hydrogens is 496 g/mol. The molecule has 0 fully saturated rings. The molecule has 1 aliphatic rings. The zero-order chi connectivity index (χ0) is 26.7. The van der Waals surface area contributed by atoms with Crippen LogP contribution >= 0.6 is 0 Å². The third-order valence-corrected chi connectivity index (χ3v) is 8.12. The van der Waals surface area contributed by atoms with Crippen LogP contribution in [0.3, 0.4) is 0 Å². The number of aliphatic hydroxyl groups excluding tert-OH is 1. The quantitative estimate of drug-likeness (QED) is 0.258. The summed E-state index contributed by atoms with van der Waals surface area (Å²) in [6.45, 7) is 3.49. The molecule has 0 bridgehead atoms. The second-order valence-corrected chi connectivity index (χ2v) is 10.5. The number of esters is 1. The number of carbonyl (C=O) groups excluding carboxylic acids is 1. The topological polar surface area (TPSA) is 127 Å². The average molecular weight is 523 g/mol. The SMILES string of the molecule is CCOC(=O)C1=C(O)C[C@H](c2ccc([N+](=O)[O-])cc2)N(S(=O)(=O)c2ccc(C)cc2)[C@@H]1c1ccccc1. The van der Waals surface area contributed by atoms with E-state index in [-0.39, 0.29) is 34.9 Å². The summed E-state index contributed by atoms with van der Waals surface area (Å²) in [6, 6.07) is 18.2. The van der Waals surface area contributed by atoms with E-state index >= 15 is 0 Å². The Morgan fingerprint density at radius 2 is 1.65 bits per heavy atom. The maximum atomic E-state index is 14.2. The molecule has 0 radical (unpaired) electrons. The van der Waals surface area contributed by atoms with Gasteiger partial charge in [0.1, 0.15) is 5.76 Å². The fourth-order valence-corrected chi connectivity index (χ4v) is 6.22. The number of hydrogen-bond acceptors (Lipinski definition) is 7. The van der Waals surface area contributed by atoms with E-state index in [1.54, 1.807) is 49.4 Å². The van der Waals surface area contributed by atoms with Crippen LogP contribution in [-0.4, -0.2) is 35.3 Å². The first-order valence-electron chi connectivity index (χ1n) is 11.6. The van der Waals surface area contributed by atoms with E-state index in [2.05, 4.69) is 0 Å². The Kier molecular flexibility index (Phi) is 7.42. The molecule has 0 saturated carbocycles. The first kappa shape index (κ1) is 26.1. The molecule has 0 unspecified atom stereocenters. The van der Waals surface area contributed by atoms with Crippen LogP contribution in [-0.2, 0) is 19.6 Å². The summed E-state index contributed by atoms with van der Waals surface area (Å²) in [5.41, 5.74) is 1.44. The molecule has 3 aromatic rings. The summed E-state index contributed by atoms with van der Waals surface area (Å²) in [5.74, 6) is -1.12. The minimum Gasteiger partial charge on any atom is -0.512 e. The van der Waals surface area contributed by atoms with E-state index in [1.807, 2.05) is 6.92 Å². The van der Waals surface area contributed by atoms with Crippen LogP contribution in [0.15, 0.2) is 95.1 Å². The zero-order valence-corrected chi connectivity index (χ0v) is 21.1. The Labute approximate surface area is 214 Å². The van der Waals surface area contributed by atoms with Crippen molar-refractivity contribution in [3.05, 3.63) is 117 Å². The van der Waals surface area contributed by atoms with Crippen molar-refractivity contribution >= 4 is 21.7 Å². The number of carbonyl (C=O) groups is 1. The Morgan fingerprint density at radius 1 is 1.03 bits per heavy atom. The highest BCUT2D eigenvalue weighted by Crippen LogP contribution is 2.48. The molecule has 4 rings (SSSR count). The average Bonchev–Trinajstić information content (AvgIpc) is 2.88. The van der Waals surface area contributed by atoms with E-state index in [1.165, 1.54) is 40.7 Å². The Balaban J connectivity index is 1.99. The minimum atomic E-state index is -4.26. The highest BCUT2D eigenvalue weighted by atomic mass is 32.2. The van der Waals surface area contributed by atoms with E-state index in [4.69, 9.17) is 4.74 Å². The molecule has 1 aliphatic heterocycles. The lowest BCUT2D eigenvalue weighted by atomic mass is 9.88. The van der Waals surface area contributed by atoms with Gasteiger partial charge in [0.15, 0.2) is 0 Å². The van der Waals surface area contributed by atoms with Crippen molar-refractivity contribution in [3.8, 4) is 0 Å². The lowest BCUT2D eigenvalue weighted by Crippen LogP contribution is -2.44. The zero-order valence-electron chi connectivity index (χ0n) is 20.3. The predicted octanol–water partition coefficient (Wildman–Crippen LogP) is 5.16. The fraction of sp³-hybridized carbons (Fsp3) is 0.222. The van der Waals surface area contributed by atoms with Gasteiger partial charge < -0.3 is 9.84 Å². The lowest BCUT2D eigenvalue weighted by Gasteiger charge is -2.41. The van der Waals surface area contributed by atoms with E-state index < -0.39 is 33.0 Å². The molecule has 3 aromatic carbocycles. The summed E-state index contributed by atoms with van der Waals surface area (Å²) in [6.07, 6.45) is -0.222. The summed E-state index contributed by atoms with van der Waals surface area (Å²) in [5, 5.41) is 22.3. The number of aliphatic hydroxyl groups is 1. The first-order chi connectivity index (χ1) is 17.6. The summed E-state index contributed by atoms with van der Waals surface area (Å²) < 4.78 is 34.9. The number of sulfonamides is 1. The maximum absolute atomic E-state index is 14.2. The first-order valence-corrected chi connectivity index (χ1v) is 13.1. The van der Waals surface area contributed by atoms with Gasteiger partial charge in [-0.3, -0.25) is 10.1 Å². The summed E-state index contributed by atoms with van der Waals surface area (Å²) >= 11 is 0. The minimum absolute atomic E-state index is 0.00976. The molecule has 0 spiro atoms. The molecule has 37 heavy (non-hydrogen) atoms. The van der Waals surface area contributed by atoms with Crippen LogP contribution in [0.4, 0.5) is 5.69 Å². The number of benzene rings is 3. The van der Waals surface area contributed by atoms with Gasteiger partial charge in [0, 0.05) is 18.6 Å². The fourth-order valence-electron chi connectivity index (χ4n) is 4.46. The molecule has 0 saturated heterocycles. The third-order valence-electron chi connectivity index (χ3n) is 6.23. The van der Waals surface area contributed by atoms with Gasteiger partial charge in [-0.05, 0) is 37.1 Å². The van der Waals surface area contributed by atoms with Crippen molar-refractivity contribution in [2.75, 3.05) is 6.61 Å². The van der Waals surface area contributed by atoms with Gasteiger partial charge in [-0.25, -0.2) is 13.2 Å². The van der Waals surface area contributed by atoms with Crippen LogP contribution in [0, 0.1) is 17.0 Å². The second kappa shape index (κ2) is 10.5.